The molecule has 0 atom stereocenters. The van der Waals surface area contributed by atoms with E-state index in [-0.39, 0.29) is 22.9 Å². The van der Waals surface area contributed by atoms with E-state index in [9.17, 15) is 22.1 Å². The summed E-state index contributed by atoms with van der Waals surface area (Å²) in [4.78, 5) is 0. The SMILES string of the molecule is Cc1ccc(OS(=O)(=O)O)c(N=NC(C#N)N=Nc2cc(C)ccc2OS(=O)(=O)O)c1. The largest absolute Gasteiger partial charge is 0.446 e. The van der Waals surface area contributed by atoms with Crippen molar-refractivity contribution in [1.29, 1.82) is 5.26 Å². The normalized spacial score (nSPS) is 13.3. The van der Waals surface area contributed by atoms with E-state index < -0.39 is 27.0 Å². The molecule has 0 aliphatic heterocycles. The number of nitriles is 1. The summed E-state index contributed by atoms with van der Waals surface area (Å²) in [5.41, 5.74) is 1.08. The Balaban J connectivity index is 2.33. The van der Waals surface area contributed by atoms with Crippen molar-refractivity contribution in [2.24, 2.45) is 20.5 Å². The molecule has 0 amide bonds. The molecule has 0 aliphatic carbocycles. The topological polar surface area (TPSA) is 200 Å². The Kier molecular flexibility index (Phi) is 7.36. The lowest BCUT2D eigenvalue weighted by atomic mass is 10.2. The zero-order chi connectivity index (χ0) is 23.2. The molecule has 0 radical (unpaired) electrons. The van der Waals surface area contributed by atoms with Crippen molar-refractivity contribution in [3.63, 3.8) is 0 Å². The molecule has 0 heterocycles. The Bertz CT molecular complexity index is 1190. The van der Waals surface area contributed by atoms with Crippen LogP contribution in [0.2, 0.25) is 0 Å². The van der Waals surface area contributed by atoms with Gasteiger partial charge in [-0.25, -0.2) is 0 Å². The van der Waals surface area contributed by atoms with Crippen LogP contribution >= 0.6 is 0 Å². The van der Waals surface area contributed by atoms with Gasteiger partial charge in [0.15, 0.2) is 11.5 Å². The zero-order valence-corrected chi connectivity index (χ0v) is 17.6. The molecule has 2 N–H and O–H groups in total. The van der Waals surface area contributed by atoms with E-state index in [4.69, 9.17) is 9.11 Å². The monoisotopic (exact) mass is 469 g/mol. The Morgan fingerprint density at radius 3 is 1.55 bits per heavy atom. The van der Waals surface area contributed by atoms with Crippen molar-refractivity contribution in [2.45, 2.75) is 20.0 Å². The Hall–Kier alpha value is -3.45. The van der Waals surface area contributed by atoms with Crippen LogP contribution in [0, 0.1) is 25.2 Å². The second kappa shape index (κ2) is 9.57. The molecule has 164 valence electrons. The molecule has 2 aromatic carbocycles. The molecule has 0 aromatic heterocycles. The molecule has 0 fully saturated rings. The van der Waals surface area contributed by atoms with E-state index >= 15 is 0 Å². The average Bonchev–Trinajstić information content (AvgIpc) is 2.63. The van der Waals surface area contributed by atoms with Gasteiger partial charge in [-0.2, -0.15) is 22.1 Å². The number of aryl methyl sites for hydroxylation is 2. The van der Waals surface area contributed by atoms with Crippen LogP contribution in [0.15, 0.2) is 56.9 Å². The average molecular weight is 469 g/mol. The van der Waals surface area contributed by atoms with Crippen LogP contribution in [0.4, 0.5) is 11.4 Å². The molecular formula is C16H15N5O8S2. The second-order valence-corrected chi connectivity index (χ2v) is 7.94. The quantitative estimate of drug-likeness (QED) is 0.429. The molecule has 31 heavy (non-hydrogen) atoms. The number of azo groups is 2. The third kappa shape index (κ3) is 8.06. The number of nitrogens with zero attached hydrogens (tertiary/aromatic N) is 5. The summed E-state index contributed by atoms with van der Waals surface area (Å²) in [7, 11) is -9.64. The van der Waals surface area contributed by atoms with E-state index in [1.807, 2.05) is 0 Å². The smallest absolute Gasteiger partial charge is 0.359 e. The van der Waals surface area contributed by atoms with Gasteiger partial charge in [-0.05, 0) is 49.2 Å². The van der Waals surface area contributed by atoms with Crippen LogP contribution in [-0.4, -0.2) is 32.1 Å². The van der Waals surface area contributed by atoms with Gasteiger partial charge in [0.1, 0.15) is 17.4 Å². The molecular weight excluding hydrogens is 454 g/mol. The summed E-state index contributed by atoms with van der Waals surface area (Å²) in [6, 6.07) is 9.88. The first kappa shape index (κ1) is 23.8. The summed E-state index contributed by atoms with van der Waals surface area (Å²) in [5, 5.41) is 23.9. The van der Waals surface area contributed by atoms with Crippen molar-refractivity contribution < 1.29 is 34.3 Å². The summed E-state index contributed by atoms with van der Waals surface area (Å²) >= 11 is 0. The van der Waals surface area contributed by atoms with Crippen LogP contribution < -0.4 is 8.37 Å². The van der Waals surface area contributed by atoms with Crippen LogP contribution in [-0.2, 0) is 20.8 Å². The Morgan fingerprint density at radius 1 is 0.839 bits per heavy atom. The van der Waals surface area contributed by atoms with Gasteiger partial charge in [-0.15, -0.1) is 20.5 Å². The molecule has 0 unspecified atom stereocenters. The van der Waals surface area contributed by atoms with Crippen LogP contribution in [0.5, 0.6) is 11.5 Å². The predicted molar refractivity (Wildman–Crippen MR) is 105 cm³/mol. The fourth-order valence-electron chi connectivity index (χ4n) is 2.09. The number of hydrogen-bond donors (Lipinski definition) is 2. The van der Waals surface area contributed by atoms with Gasteiger partial charge in [-0.1, -0.05) is 12.1 Å². The van der Waals surface area contributed by atoms with Crippen molar-refractivity contribution >= 4 is 32.2 Å². The van der Waals surface area contributed by atoms with Gasteiger partial charge in [0.05, 0.1) is 0 Å². The number of hydrogen-bond acceptors (Lipinski definition) is 11. The highest BCUT2D eigenvalue weighted by molar-refractivity contribution is 7.81. The number of benzene rings is 2. The summed E-state index contributed by atoms with van der Waals surface area (Å²) in [6.07, 6.45) is -1.52. The highest BCUT2D eigenvalue weighted by Crippen LogP contribution is 2.32. The van der Waals surface area contributed by atoms with E-state index in [0.717, 1.165) is 0 Å². The highest BCUT2D eigenvalue weighted by atomic mass is 32.3. The molecule has 0 spiro atoms. The standard InChI is InChI=1S/C16H15N5O8S2/c1-10-3-5-14(28-30(22,23)24)12(7-10)18-20-16(9-17)21-19-13-8-11(2)4-6-15(13)29-31(25,26)27/h3-8,16H,1-2H3,(H,22,23,24)(H,25,26,27). The maximum absolute atomic E-state index is 11.0. The van der Waals surface area contributed by atoms with E-state index in [2.05, 4.69) is 28.8 Å². The fraction of sp³-hybridized carbons (Fsp3) is 0.188. The molecule has 0 saturated heterocycles. The van der Waals surface area contributed by atoms with E-state index in [1.165, 1.54) is 36.4 Å². The first-order valence-corrected chi connectivity index (χ1v) is 10.9. The minimum absolute atomic E-state index is 0.112. The van der Waals surface area contributed by atoms with Gasteiger partial charge in [0.25, 0.3) is 6.17 Å². The summed E-state index contributed by atoms with van der Waals surface area (Å²) in [5.74, 6) is -0.680. The minimum atomic E-state index is -4.82. The van der Waals surface area contributed by atoms with Gasteiger partial charge < -0.3 is 8.37 Å². The third-order valence-corrected chi connectivity index (χ3v) is 4.06. The lowest BCUT2D eigenvalue weighted by molar-refractivity contribution is 0.385. The van der Waals surface area contributed by atoms with Crippen molar-refractivity contribution in [3.8, 4) is 17.6 Å². The maximum atomic E-state index is 11.0. The molecule has 15 heteroatoms. The third-order valence-electron chi connectivity index (χ3n) is 3.28. The van der Waals surface area contributed by atoms with Crippen LogP contribution in [0.3, 0.4) is 0 Å². The molecule has 2 aromatic rings. The molecule has 2 rings (SSSR count). The van der Waals surface area contributed by atoms with Crippen molar-refractivity contribution in [1.82, 2.24) is 0 Å². The van der Waals surface area contributed by atoms with Gasteiger partial charge in [0, 0.05) is 0 Å². The summed E-state index contributed by atoms with van der Waals surface area (Å²) in [6.45, 7) is 3.35. The lowest BCUT2D eigenvalue weighted by Crippen LogP contribution is -2.06. The van der Waals surface area contributed by atoms with Crippen molar-refractivity contribution in [2.75, 3.05) is 0 Å². The Labute approximate surface area is 177 Å². The molecule has 13 nitrogen and oxygen atoms in total. The first-order chi connectivity index (χ1) is 14.4. The zero-order valence-electron chi connectivity index (χ0n) is 15.9. The first-order valence-electron chi connectivity index (χ1n) is 8.13. The van der Waals surface area contributed by atoms with E-state index in [0.29, 0.717) is 11.1 Å². The van der Waals surface area contributed by atoms with Crippen LogP contribution in [0.25, 0.3) is 0 Å². The highest BCUT2D eigenvalue weighted by Gasteiger charge is 2.14. The molecule has 0 bridgehead atoms. The Morgan fingerprint density at radius 2 is 1.23 bits per heavy atom. The van der Waals surface area contributed by atoms with E-state index in [1.54, 1.807) is 19.9 Å². The van der Waals surface area contributed by atoms with Crippen LogP contribution in [0.1, 0.15) is 11.1 Å². The lowest BCUT2D eigenvalue weighted by Gasteiger charge is -2.06. The molecule has 0 aliphatic rings. The number of rotatable bonds is 8. The van der Waals surface area contributed by atoms with Gasteiger partial charge in [0.2, 0.25) is 0 Å². The summed E-state index contributed by atoms with van der Waals surface area (Å²) < 4.78 is 70.3. The molecule has 0 saturated carbocycles. The minimum Gasteiger partial charge on any atom is -0.359 e. The fourth-order valence-corrected chi connectivity index (χ4v) is 2.82. The second-order valence-electron chi connectivity index (χ2n) is 5.90. The van der Waals surface area contributed by atoms with Crippen molar-refractivity contribution in [3.05, 3.63) is 47.5 Å². The predicted octanol–water partition coefficient (Wildman–Crippen LogP) is 3.38. The van der Waals surface area contributed by atoms with Gasteiger partial charge >= 0.3 is 20.8 Å². The van der Waals surface area contributed by atoms with Gasteiger partial charge in [-0.3, -0.25) is 9.11 Å². The maximum Gasteiger partial charge on any atom is 0.446 e.